The zero-order valence-electron chi connectivity index (χ0n) is 12.7. The smallest absolute Gasteiger partial charge is 0.504 e. The van der Waals surface area contributed by atoms with Gasteiger partial charge in [-0.3, -0.25) is 9.59 Å². The van der Waals surface area contributed by atoms with E-state index in [9.17, 15) is 9.59 Å². The molecule has 116 valence electrons. The highest BCUT2D eigenvalue weighted by atomic mass is 16.7. The van der Waals surface area contributed by atoms with Crippen LogP contribution in [0.1, 0.15) is 28.9 Å². The highest BCUT2D eigenvalue weighted by molar-refractivity contribution is 6.65. The van der Waals surface area contributed by atoms with Gasteiger partial charge >= 0.3 is 13.1 Å². The average Bonchev–Trinajstić information content (AvgIpc) is 3.02. The van der Waals surface area contributed by atoms with Crippen LogP contribution in [-0.4, -0.2) is 25.6 Å². The number of carbonyl (C=O) groups excluding carboxylic acids is 2. The molecule has 1 aliphatic rings. The van der Waals surface area contributed by atoms with Crippen LogP contribution in [0.5, 0.6) is 0 Å². The summed E-state index contributed by atoms with van der Waals surface area (Å²) in [6, 6.07) is 16.5. The van der Waals surface area contributed by atoms with Crippen molar-refractivity contribution < 1.29 is 18.9 Å². The number of benzene rings is 2. The molecule has 1 amide bonds. The topological polar surface area (TPSA) is 64.6 Å². The van der Waals surface area contributed by atoms with Crippen molar-refractivity contribution in [3.8, 4) is 0 Å². The Morgan fingerprint density at radius 1 is 1.13 bits per heavy atom. The standard InChI is InChI=1S/C17H16BNO4/c1-12(13-7-3-2-4-8-13)19-17(21)14-9-5-6-10-15(14)18-22-11-16(20)23-18/h2-10,12H,11H2,1H3,(H,19,21)/t12-/m1/s1. The molecule has 23 heavy (non-hydrogen) atoms. The number of amides is 1. The minimum absolute atomic E-state index is 0.0962. The summed E-state index contributed by atoms with van der Waals surface area (Å²) in [5, 5.41) is 2.95. The van der Waals surface area contributed by atoms with Crippen molar-refractivity contribution in [1.82, 2.24) is 5.32 Å². The Hall–Kier alpha value is -2.60. The minimum Gasteiger partial charge on any atom is -0.504 e. The number of carbonyl (C=O) groups is 2. The van der Waals surface area contributed by atoms with Gasteiger partial charge in [0.1, 0.15) is 6.61 Å². The van der Waals surface area contributed by atoms with Crippen LogP contribution in [0.2, 0.25) is 0 Å². The maximum atomic E-state index is 12.6. The lowest BCUT2D eigenvalue weighted by atomic mass is 9.76. The molecule has 5 nitrogen and oxygen atoms in total. The van der Waals surface area contributed by atoms with Gasteiger partial charge in [-0.1, -0.05) is 48.5 Å². The summed E-state index contributed by atoms with van der Waals surface area (Å²) in [6.07, 6.45) is 0. The normalized spacial score (nSPS) is 15.2. The Kier molecular flexibility index (Phi) is 4.44. The molecule has 0 saturated carbocycles. The van der Waals surface area contributed by atoms with E-state index in [1.165, 1.54) is 0 Å². The van der Waals surface area contributed by atoms with Crippen LogP contribution in [-0.2, 0) is 14.1 Å². The van der Waals surface area contributed by atoms with Crippen LogP contribution in [0.4, 0.5) is 0 Å². The van der Waals surface area contributed by atoms with Gasteiger partial charge in [-0.2, -0.15) is 0 Å². The number of hydrogen-bond acceptors (Lipinski definition) is 4. The van der Waals surface area contributed by atoms with Gasteiger partial charge in [-0.15, -0.1) is 0 Å². The molecule has 1 atom stereocenters. The molecule has 2 aromatic rings. The molecule has 2 aromatic carbocycles. The van der Waals surface area contributed by atoms with Gasteiger partial charge in [-0.05, 0) is 18.6 Å². The molecule has 1 saturated heterocycles. The van der Waals surface area contributed by atoms with Crippen molar-refractivity contribution in [3.05, 3.63) is 65.7 Å². The lowest BCUT2D eigenvalue weighted by molar-refractivity contribution is -0.132. The van der Waals surface area contributed by atoms with Crippen molar-refractivity contribution in [2.24, 2.45) is 0 Å². The van der Waals surface area contributed by atoms with Gasteiger partial charge in [0.2, 0.25) is 0 Å². The molecular formula is C17H16BNO4. The van der Waals surface area contributed by atoms with Crippen molar-refractivity contribution in [3.63, 3.8) is 0 Å². The average molecular weight is 309 g/mol. The van der Waals surface area contributed by atoms with Crippen molar-refractivity contribution in [1.29, 1.82) is 0 Å². The van der Waals surface area contributed by atoms with E-state index < -0.39 is 13.1 Å². The first kappa shape index (κ1) is 15.3. The van der Waals surface area contributed by atoms with Gasteiger partial charge in [0.15, 0.2) is 0 Å². The van der Waals surface area contributed by atoms with E-state index in [4.69, 9.17) is 9.31 Å². The molecule has 3 rings (SSSR count). The van der Waals surface area contributed by atoms with E-state index in [0.717, 1.165) is 5.56 Å². The van der Waals surface area contributed by atoms with Gasteiger partial charge < -0.3 is 14.6 Å². The Labute approximate surface area is 134 Å². The van der Waals surface area contributed by atoms with Crippen LogP contribution in [0.15, 0.2) is 54.6 Å². The molecule has 1 aliphatic heterocycles. The van der Waals surface area contributed by atoms with E-state index in [2.05, 4.69) is 5.32 Å². The number of rotatable bonds is 4. The molecular weight excluding hydrogens is 293 g/mol. The first-order valence-electron chi connectivity index (χ1n) is 7.41. The van der Waals surface area contributed by atoms with E-state index in [1.807, 2.05) is 37.3 Å². The monoisotopic (exact) mass is 309 g/mol. The fourth-order valence-electron chi connectivity index (χ4n) is 2.49. The molecule has 6 heteroatoms. The summed E-state index contributed by atoms with van der Waals surface area (Å²) < 4.78 is 10.4. The van der Waals surface area contributed by atoms with E-state index in [-0.39, 0.29) is 18.6 Å². The van der Waals surface area contributed by atoms with Crippen LogP contribution < -0.4 is 10.8 Å². The summed E-state index contributed by atoms with van der Waals surface area (Å²) in [4.78, 5) is 23.8. The quantitative estimate of drug-likeness (QED) is 0.868. The maximum absolute atomic E-state index is 12.6. The summed E-state index contributed by atoms with van der Waals surface area (Å²) in [7, 11) is -0.823. The zero-order chi connectivity index (χ0) is 16.2. The Bertz CT molecular complexity index is 720. The Morgan fingerprint density at radius 3 is 2.52 bits per heavy atom. The third-order valence-electron chi connectivity index (χ3n) is 3.70. The molecule has 0 bridgehead atoms. The van der Waals surface area contributed by atoms with Crippen LogP contribution in [0, 0.1) is 0 Å². The van der Waals surface area contributed by atoms with Crippen molar-refractivity contribution >= 4 is 24.5 Å². The summed E-state index contributed by atoms with van der Waals surface area (Å²) in [5.74, 6) is -0.661. The van der Waals surface area contributed by atoms with E-state index in [0.29, 0.717) is 11.0 Å². The summed E-state index contributed by atoms with van der Waals surface area (Å²) in [5.41, 5.74) is 2.01. The third kappa shape index (κ3) is 3.43. The first-order valence-corrected chi connectivity index (χ1v) is 7.41. The second kappa shape index (κ2) is 6.66. The largest absolute Gasteiger partial charge is 0.566 e. The van der Waals surface area contributed by atoms with Gasteiger partial charge in [0.05, 0.1) is 6.04 Å². The maximum Gasteiger partial charge on any atom is 0.566 e. The second-order valence-corrected chi connectivity index (χ2v) is 5.33. The van der Waals surface area contributed by atoms with Crippen molar-refractivity contribution in [2.75, 3.05) is 6.61 Å². The summed E-state index contributed by atoms with van der Waals surface area (Å²) in [6.45, 7) is 1.82. The second-order valence-electron chi connectivity index (χ2n) is 5.33. The minimum atomic E-state index is -0.823. The molecule has 1 N–H and O–H groups in total. The Balaban J connectivity index is 1.79. The highest BCUT2D eigenvalue weighted by Gasteiger charge is 2.36. The molecule has 0 aromatic heterocycles. The van der Waals surface area contributed by atoms with Crippen LogP contribution in [0.25, 0.3) is 0 Å². The molecule has 0 radical (unpaired) electrons. The predicted octanol–water partition coefficient (Wildman–Crippen LogP) is 1.45. The third-order valence-corrected chi connectivity index (χ3v) is 3.70. The number of nitrogens with one attached hydrogen (secondary N) is 1. The van der Waals surface area contributed by atoms with Gasteiger partial charge in [-0.25, -0.2) is 0 Å². The van der Waals surface area contributed by atoms with Gasteiger partial charge in [0, 0.05) is 11.0 Å². The lowest BCUT2D eigenvalue weighted by Gasteiger charge is -2.16. The molecule has 0 aliphatic carbocycles. The molecule has 1 heterocycles. The lowest BCUT2D eigenvalue weighted by Crippen LogP contribution is -2.39. The predicted molar refractivity (Wildman–Crippen MR) is 86.2 cm³/mol. The van der Waals surface area contributed by atoms with Crippen LogP contribution >= 0.6 is 0 Å². The molecule has 1 fully saturated rings. The Morgan fingerprint density at radius 2 is 1.83 bits per heavy atom. The van der Waals surface area contributed by atoms with Gasteiger partial charge in [0.25, 0.3) is 5.91 Å². The van der Waals surface area contributed by atoms with Crippen molar-refractivity contribution in [2.45, 2.75) is 13.0 Å². The SMILES string of the molecule is C[C@@H](NC(=O)c1ccccc1B1OCC(=O)O1)c1ccccc1. The fourth-order valence-corrected chi connectivity index (χ4v) is 2.49. The zero-order valence-corrected chi connectivity index (χ0v) is 12.7. The fraction of sp³-hybridized carbons (Fsp3) is 0.176. The first-order chi connectivity index (χ1) is 11.1. The molecule has 0 unspecified atom stereocenters. The van der Waals surface area contributed by atoms with E-state index >= 15 is 0 Å². The van der Waals surface area contributed by atoms with E-state index in [1.54, 1.807) is 24.3 Å². The summed E-state index contributed by atoms with van der Waals surface area (Å²) >= 11 is 0. The molecule has 0 spiro atoms. The van der Waals surface area contributed by atoms with Crippen LogP contribution in [0.3, 0.4) is 0 Å². The highest BCUT2D eigenvalue weighted by Crippen LogP contribution is 2.13. The number of hydrogen-bond donors (Lipinski definition) is 1.